The van der Waals surface area contributed by atoms with Gasteiger partial charge in [-0.2, -0.15) is 0 Å². The Morgan fingerprint density at radius 2 is 1.21 bits per heavy atom. The Balaban J connectivity index is 1.36. The molecular weight excluding hydrogens is 647 g/mol. The summed E-state index contributed by atoms with van der Waals surface area (Å²) in [7, 11) is 0. The van der Waals surface area contributed by atoms with Crippen LogP contribution in [0.2, 0.25) is 0 Å². The summed E-state index contributed by atoms with van der Waals surface area (Å²) in [6, 6.07) is 27.0. The number of rotatable bonds is 5. The number of benzene rings is 4. The molecule has 3 amide bonds. The summed E-state index contributed by atoms with van der Waals surface area (Å²) in [4.78, 5) is 41.9. The number of nitrogens with one attached hydrogen (secondary N) is 1. The van der Waals surface area contributed by atoms with E-state index in [4.69, 9.17) is 23.2 Å². The van der Waals surface area contributed by atoms with Crippen LogP contribution in [0.25, 0.3) is 0 Å². The zero-order chi connectivity index (χ0) is 30.3. The molecule has 0 unspecified atom stereocenters. The van der Waals surface area contributed by atoms with E-state index < -0.39 is 45.3 Å². The number of hydrogen-bond acceptors (Lipinski definition) is 3. The van der Waals surface area contributed by atoms with Gasteiger partial charge in [-0.05, 0) is 64.9 Å². The first-order valence-electron chi connectivity index (χ1n) is 14.1. The largest absolute Gasteiger partial charge is 0.324 e. The lowest BCUT2D eigenvalue weighted by Gasteiger charge is -2.54. The fourth-order valence-electron chi connectivity index (χ4n) is 7.38. The van der Waals surface area contributed by atoms with Crippen LogP contribution >= 0.6 is 39.1 Å². The van der Waals surface area contributed by atoms with E-state index in [2.05, 4.69) is 21.2 Å². The fraction of sp³-hybridized carbons (Fsp3) is 0.229. The summed E-state index contributed by atoms with van der Waals surface area (Å²) in [5.41, 5.74) is 6.19. The molecule has 4 aromatic rings. The summed E-state index contributed by atoms with van der Waals surface area (Å²) in [6.45, 7) is 3.88. The second kappa shape index (κ2) is 10.0. The van der Waals surface area contributed by atoms with Crippen LogP contribution in [-0.2, 0) is 30.6 Å². The van der Waals surface area contributed by atoms with Gasteiger partial charge in [0.25, 0.3) is 0 Å². The molecule has 8 heteroatoms. The van der Waals surface area contributed by atoms with Gasteiger partial charge in [-0.15, -0.1) is 23.2 Å². The van der Waals surface area contributed by atoms with Gasteiger partial charge in [-0.1, -0.05) is 94.8 Å². The molecule has 8 rings (SSSR count). The molecule has 1 N–H and O–H groups in total. The van der Waals surface area contributed by atoms with Crippen molar-refractivity contribution >= 4 is 62.5 Å². The van der Waals surface area contributed by atoms with Crippen LogP contribution in [-0.4, -0.2) is 28.7 Å². The van der Waals surface area contributed by atoms with Crippen molar-refractivity contribution in [2.75, 3.05) is 5.32 Å². The van der Waals surface area contributed by atoms with Gasteiger partial charge in [0.2, 0.25) is 17.7 Å². The third kappa shape index (κ3) is 3.92. The second-order valence-electron chi connectivity index (χ2n) is 11.6. The molecule has 0 radical (unpaired) electrons. The minimum Gasteiger partial charge on any atom is -0.324 e. The van der Waals surface area contributed by atoms with Crippen LogP contribution < -0.4 is 5.32 Å². The molecule has 1 saturated heterocycles. The van der Waals surface area contributed by atoms with E-state index >= 15 is 0 Å². The number of nitrogens with zero attached hydrogens (tertiary/aromatic N) is 1. The quantitative estimate of drug-likeness (QED) is 0.180. The first-order chi connectivity index (χ1) is 20.6. The number of anilines is 1. The second-order valence-corrected chi connectivity index (χ2v) is 13.6. The number of likely N-dealkylation sites (tertiary alicyclic amines) is 1. The third-order valence-electron chi connectivity index (χ3n) is 9.21. The van der Waals surface area contributed by atoms with E-state index in [-0.39, 0.29) is 6.42 Å². The Morgan fingerprint density at radius 3 is 1.65 bits per heavy atom. The van der Waals surface area contributed by atoms with Crippen LogP contribution in [0, 0.1) is 25.7 Å². The lowest BCUT2D eigenvalue weighted by atomic mass is 9.54. The highest BCUT2D eigenvalue weighted by Gasteiger charge is 2.73. The maximum absolute atomic E-state index is 14.6. The Bertz CT molecular complexity index is 1700. The van der Waals surface area contributed by atoms with Gasteiger partial charge >= 0.3 is 0 Å². The molecule has 0 saturated carbocycles. The Labute approximate surface area is 268 Å². The summed E-state index contributed by atoms with van der Waals surface area (Å²) in [5, 5.41) is 2.99. The smallest absolute Gasteiger partial charge is 0.248 e. The molecule has 3 aliphatic carbocycles. The Kier molecular flexibility index (Phi) is 6.62. The van der Waals surface area contributed by atoms with E-state index in [9.17, 15) is 14.4 Å². The zero-order valence-electron chi connectivity index (χ0n) is 23.4. The van der Waals surface area contributed by atoms with Gasteiger partial charge in [0.15, 0.2) is 0 Å². The van der Waals surface area contributed by atoms with E-state index in [0.717, 1.165) is 48.3 Å². The molecule has 1 heterocycles. The fourth-order valence-corrected chi connectivity index (χ4v) is 8.70. The molecular formula is C35H27BrCl2N2O3. The number of carbonyl (C=O) groups excluding carboxylic acids is 3. The van der Waals surface area contributed by atoms with E-state index in [1.807, 2.05) is 105 Å². The summed E-state index contributed by atoms with van der Waals surface area (Å²) < 4.78 is 0.953. The van der Waals surface area contributed by atoms with Crippen molar-refractivity contribution in [1.29, 1.82) is 0 Å². The summed E-state index contributed by atoms with van der Waals surface area (Å²) in [5.74, 6) is -3.39. The lowest BCUT2D eigenvalue weighted by molar-refractivity contribution is -0.146. The van der Waals surface area contributed by atoms with Gasteiger partial charge < -0.3 is 5.32 Å². The Hall–Kier alpha value is -3.45. The maximum atomic E-state index is 14.6. The number of carbonyl (C=O) groups is 3. The number of halogens is 3. The number of aryl methyl sites for hydroxylation is 2. The SMILES string of the molecule is Cc1cc(NC(=O)[C@H](Cc2ccccc2)N2C(=O)[C@H]3[C@H](C2=O)C2(Cl)c4ccccc4C3(Cl)c3ccccc32)cc(C)c1Br. The summed E-state index contributed by atoms with van der Waals surface area (Å²) >= 11 is 18.8. The molecule has 3 atom stereocenters. The van der Waals surface area contributed by atoms with E-state index in [1.54, 1.807) is 0 Å². The minimum absolute atomic E-state index is 0.141. The zero-order valence-corrected chi connectivity index (χ0v) is 26.5. The standard InChI is InChI=1S/C35H27BrCl2N2O3/c1-19-16-22(17-20(2)30(19)36)39-31(41)27(18-21-10-4-3-5-11-21)40-32(42)28-29(33(40)43)35(38)24-13-7-6-12-23(24)34(28,37)25-14-8-9-15-26(25)35/h3-17,27-29H,18H2,1-2H3,(H,39,41)/t27-,28+,29+,34?,35?/m0/s1. The molecule has 43 heavy (non-hydrogen) atoms. The Morgan fingerprint density at radius 1 is 0.791 bits per heavy atom. The van der Waals surface area contributed by atoms with Crippen molar-refractivity contribution in [3.05, 3.63) is 134 Å². The number of hydrogen-bond donors (Lipinski definition) is 1. The lowest BCUT2D eigenvalue weighted by Crippen LogP contribution is -2.57. The highest BCUT2D eigenvalue weighted by atomic mass is 79.9. The van der Waals surface area contributed by atoms with Gasteiger partial charge in [-0.3, -0.25) is 19.3 Å². The van der Waals surface area contributed by atoms with Crippen molar-refractivity contribution in [2.45, 2.75) is 36.1 Å². The molecule has 4 aliphatic rings. The van der Waals surface area contributed by atoms with Gasteiger partial charge in [0.05, 0.1) is 11.8 Å². The molecule has 0 aromatic heterocycles. The van der Waals surface area contributed by atoms with E-state index in [0.29, 0.717) is 5.69 Å². The molecule has 2 bridgehead atoms. The third-order valence-corrected chi connectivity index (χ3v) is 11.7. The topological polar surface area (TPSA) is 66.5 Å². The molecule has 1 aliphatic heterocycles. The van der Waals surface area contributed by atoms with Gasteiger partial charge in [0.1, 0.15) is 15.8 Å². The predicted octanol–water partition coefficient (Wildman–Crippen LogP) is 7.21. The average Bonchev–Trinajstić information content (AvgIpc) is 3.28. The average molecular weight is 674 g/mol. The van der Waals surface area contributed by atoms with Crippen LogP contribution in [0.3, 0.4) is 0 Å². The van der Waals surface area contributed by atoms with Crippen LogP contribution in [0.1, 0.15) is 38.9 Å². The first kappa shape index (κ1) is 28.3. The highest BCUT2D eigenvalue weighted by molar-refractivity contribution is 9.10. The van der Waals surface area contributed by atoms with Crippen LogP contribution in [0.5, 0.6) is 0 Å². The van der Waals surface area contributed by atoms with Gasteiger partial charge in [0, 0.05) is 16.6 Å². The van der Waals surface area contributed by atoms with E-state index in [1.165, 1.54) is 0 Å². The molecule has 1 fully saturated rings. The van der Waals surface area contributed by atoms with Gasteiger partial charge in [-0.25, -0.2) is 0 Å². The predicted molar refractivity (Wildman–Crippen MR) is 171 cm³/mol. The molecule has 0 spiro atoms. The number of imide groups is 1. The highest BCUT2D eigenvalue weighted by Crippen LogP contribution is 2.69. The molecule has 216 valence electrons. The van der Waals surface area contributed by atoms with Crippen LogP contribution in [0.15, 0.2) is 95.5 Å². The van der Waals surface area contributed by atoms with Crippen molar-refractivity contribution in [3.63, 3.8) is 0 Å². The molecule has 4 aromatic carbocycles. The number of alkyl halides is 2. The monoisotopic (exact) mass is 672 g/mol. The normalized spacial score (nSPS) is 25.7. The van der Waals surface area contributed by atoms with Crippen molar-refractivity contribution in [3.8, 4) is 0 Å². The number of amides is 3. The van der Waals surface area contributed by atoms with Crippen molar-refractivity contribution < 1.29 is 14.4 Å². The maximum Gasteiger partial charge on any atom is 0.248 e. The van der Waals surface area contributed by atoms with Crippen molar-refractivity contribution in [1.82, 2.24) is 4.90 Å². The first-order valence-corrected chi connectivity index (χ1v) is 15.7. The molecule has 5 nitrogen and oxygen atoms in total. The minimum atomic E-state index is -1.32. The van der Waals surface area contributed by atoms with Crippen molar-refractivity contribution in [2.24, 2.45) is 11.8 Å². The van der Waals surface area contributed by atoms with Crippen LogP contribution in [0.4, 0.5) is 5.69 Å². The summed E-state index contributed by atoms with van der Waals surface area (Å²) in [6.07, 6.45) is 0.141.